The van der Waals surface area contributed by atoms with E-state index in [9.17, 15) is 29.6 Å². The van der Waals surface area contributed by atoms with Gasteiger partial charge in [0.1, 0.15) is 11.9 Å². The van der Waals surface area contributed by atoms with Crippen LogP contribution in [0.5, 0.6) is 0 Å². The summed E-state index contributed by atoms with van der Waals surface area (Å²) in [5.41, 5.74) is -1.34. The Morgan fingerprint density at radius 3 is 2.62 bits per heavy atom. The van der Waals surface area contributed by atoms with E-state index in [-0.39, 0.29) is 47.8 Å². The first-order valence-electron chi connectivity index (χ1n) is 13.9. The number of non-ortho nitro benzene ring substituents is 1. The maximum atomic E-state index is 13.7. The Kier molecular flexibility index (Phi) is 6.52. The number of rotatable bonds is 3. The lowest BCUT2D eigenvalue weighted by Gasteiger charge is -2.61. The number of hydrogen-bond donors (Lipinski definition) is 1. The fourth-order valence-electron chi connectivity index (χ4n) is 8.44. The summed E-state index contributed by atoms with van der Waals surface area (Å²) in [6, 6.07) is 4.11. The smallest absolute Gasteiger partial charge is 0.417 e. The predicted octanol–water partition coefficient (Wildman–Crippen LogP) is 5.09. The molecule has 1 aliphatic heterocycles. The van der Waals surface area contributed by atoms with Gasteiger partial charge in [0.2, 0.25) is 0 Å². The lowest BCUT2D eigenvalue weighted by atomic mass is 9.44. The van der Waals surface area contributed by atoms with Gasteiger partial charge in [-0.3, -0.25) is 19.7 Å². The van der Waals surface area contributed by atoms with Gasteiger partial charge in [0.15, 0.2) is 0 Å². The van der Waals surface area contributed by atoms with E-state index in [2.05, 4.69) is 13.5 Å². The average Bonchev–Trinajstić information content (AvgIpc) is 3.27. The van der Waals surface area contributed by atoms with Crippen molar-refractivity contribution in [2.75, 3.05) is 6.54 Å². The minimum Gasteiger partial charge on any atom is -0.445 e. The van der Waals surface area contributed by atoms with Gasteiger partial charge in [-0.2, -0.15) is 0 Å². The molecule has 1 aromatic rings. The number of hydrogen-bond acceptors (Lipinski definition) is 7. The Labute approximate surface area is 228 Å². The second-order valence-corrected chi connectivity index (χ2v) is 12.8. The van der Waals surface area contributed by atoms with Gasteiger partial charge in [-0.05, 0) is 54.9 Å². The SMILES string of the molecule is C=C[C@]1(C)C[C@@H](OC(=O)N2CCc3ccc([N+](=O)[O-])cc3C2=O)[C@@]2(C)C3C(=O)CC[C@@]3(CC[C@H]2C)[C@@H](C)[C@@H]1O. The molecule has 2 amide bonds. The van der Waals surface area contributed by atoms with Crippen LogP contribution in [0.25, 0.3) is 0 Å². The molecule has 1 heterocycles. The van der Waals surface area contributed by atoms with Gasteiger partial charge in [0, 0.05) is 41.8 Å². The number of fused-ring (bicyclic) bond motifs is 1. The lowest BCUT2D eigenvalue weighted by Crippen LogP contribution is -2.63. The van der Waals surface area contributed by atoms with Gasteiger partial charge in [-0.25, -0.2) is 9.69 Å². The molecule has 3 fully saturated rings. The number of ether oxygens (including phenoxy) is 1. The number of carbonyl (C=O) groups is 3. The number of Topliss-reactive ketones (excluding diaryl/α,β-unsaturated/α-hetero) is 1. The first-order chi connectivity index (χ1) is 18.3. The van der Waals surface area contributed by atoms with Crippen LogP contribution in [0.1, 0.15) is 75.7 Å². The molecule has 8 atom stereocenters. The maximum absolute atomic E-state index is 13.7. The van der Waals surface area contributed by atoms with Crippen LogP contribution in [0.3, 0.4) is 0 Å². The highest BCUT2D eigenvalue weighted by atomic mass is 16.6. The largest absolute Gasteiger partial charge is 0.445 e. The molecule has 9 heteroatoms. The minimum absolute atomic E-state index is 0.0624. The number of amides is 2. The van der Waals surface area contributed by atoms with E-state index in [0.717, 1.165) is 17.7 Å². The van der Waals surface area contributed by atoms with Crippen molar-refractivity contribution in [1.82, 2.24) is 4.90 Å². The normalized spacial score (nSPS) is 39.7. The molecular formula is C30H38N2O7. The highest BCUT2D eigenvalue weighted by molar-refractivity contribution is 6.05. The standard InChI is InChI=1S/C30H38N2O7/c1-6-28(4)16-23(29(5)17(2)9-12-30(18(3)25(28)34)13-10-22(33)24(29)30)39-27(36)31-14-11-19-7-8-20(32(37)38)15-21(19)26(31)35/h6-8,15,17-18,23-25,34H,1,9-14,16H2,2-5H3/t17-,18+,23-,24?,25+,28-,29+,30+/m1/s1. The molecule has 4 aliphatic rings. The molecule has 0 aromatic heterocycles. The quantitative estimate of drug-likeness (QED) is 0.322. The molecule has 2 bridgehead atoms. The van der Waals surface area contributed by atoms with E-state index in [1.807, 2.05) is 20.8 Å². The fraction of sp³-hybridized carbons (Fsp3) is 0.633. The third-order valence-electron chi connectivity index (χ3n) is 11.1. The van der Waals surface area contributed by atoms with Crippen molar-refractivity contribution in [2.24, 2.45) is 34.0 Å². The van der Waals surface area contributed by atoms with E-state index in [0.29, 0.717) is 24.8 Å². The van der Waals surface area contributed by atoms with Crippen molar-refractivity contribution >= 4 is 23.5 Å². The average molecular weight is 539 g/mol. The highest BCUT2D eigenvalue weighted by Crippen LogP contribution is 2.68. The summed E-state index contributed by atoms with van der Waals surface area (Å²) < 4.78 is 6.24. The molecule has 0 radical (unpaired) electrons. The first-order valence-corrected chi connectivity index (χ1v) is 13.9. The van der Waals surface area contributed by atoms with Gasteiger partial charge >= 0.3 is 6.09 Å². The summed E-state index contributed by atoms with van der Waals surface area (Å²) in [6.07, 6.45) is 2.79. The monoisotopic (exact) mass is 538 g/mol. The number of nitro groups is 1. The second kappa shape index (κ2) is 9.25. The molecule has 5 rings (SSSR count). The fourth-order valence-corrected chi connectivity index (χ4v) is 8.44. The van der Waals surface area contributed by atoms with Gasteiger partial charge in [0.05, 0.1) is 16.6 Å². The van der Waals surface area contributed by atoms with Crippen LogP contribution in [-0.2, 0) is 16.0 Å². The molecule has 9 nitrogen and oxygen atoms in total. The van der Waals surface area contributed by atoms with Crippen LogP contribution in [0.4, 0.5) is 10.5 Å². The number of aliphatic hydroxyl groups is 1. The molecule has 3 saturated carbocycles. The summed E-state index contributed by atoms with van der Waals surface area (Å²) in [7, 11) is 0. The Balaban J connectivity index is 1.53. The number of benzene rings is 1. The van der Waals surface area contributed by atoms with Crippen LogP contribution in [0.15, 0.2) is 30.9 Å². The summed E-state index contributed by atoms with van der Waals surface area (Å²) in [4.78, 5) is 52.4. The number of nitro benzene ring substituents is 1. The van der Waals surface area contributed by atoms with Gasteiger partial charge in [-0.15, -0.1) is 6.58 Å². The molecule has 1 N–H and O–H groups in total. The van der Waals surface area contributed by atoms with Gasteiger partial charge < -0.3 is 9.84 Å². The molecule has 3 aliphatic carbocycles. The molecule has 0 spiro atoms. The number of carbonyl (C=O) groups excluding carboxylic acids is 3. The Hall–Kier alpha value is -3.07. The van der Waals surface area contributed by atoms with Crippen molar-refractivity contribution in [2.45, 2.75) is 78.4 Å². The Morgan fingerprint density at radius 2 is 1.95 bits per heavy atom. The molecule has 1 aromatic carbocycles. The van der Waals surface area contributed by atoms with E-state index < -0.39 is 45.4 Å². The maximum Gasteiger partial charge on any atom is 0.417 e. The van der Waals surface area contributed by atoms with Crippen molar-refractivity contribution in [3.63, 3.8) is 0 Å². The third kappa shape index (κ3) is 3.87. The van der Waals surface area contributed by atoms with Crippen molar-refractivity contribution in [1.29, 1.82) is 0 Å². The van der Waals surface area contributed by atoms with Crippen molar-refractivity contribution in [3.05, 3.63) is 52.1 Å². The topological polar surface area (TPSA) is 127 Å². The summed E-state index contributed by atoms with van der Waals surface area (Å²) in [5.74, 6) is -0.930. The number of ketones is 1. The lowest BCUT2D eigenvalue weighted by molar-refractivity contribution is -0.384. The van der Waals surface area contributed by atoms with Crippen LogP contribution in [-0.4, -0.2) is 51.5 Å². The summed E-state index contributed by atoms with van der Waals surface area (Å²) in [5, 5.41) is 23.0. The molecule has 1 unspecified atom stereocenters. The molecule has 210 valence electrons. The van der Waals surface area contributed by atoms with Gasteiger partial charge in [0.25, 0.3) is 11.6 Å². The van der Waals surface area contributed by atoms with E-state index >= 15 is 0 Å². The predicted molar refractivity (Wildman–Crippen MR) is 143 cm³/mol. The molecular weight excluding hydrogens is 500 g/mol. The van der Waals surface area contributed by atoms with Crippen molar-refractivity contribution < 1.29 is 29.2 Å². The molecule has 0 saturated heterocycles. The van der Waals surface area contributed by atoms with Crippen LogP contribution < -0.4 is 0 Å². The van der Waals surface area contributed by atoms with Crippen LogP contribution >= 0.6 is 0 Å². The second-order valence-electron chi connectivity index (χ2n) is 12.8. The third-order valence-corrected chi connectivity index (χ3v) is 11.1. The zero-order chi connectivity index (χ0) is 28.5. The number of aliphatic hydroxyl groups excluding tert-OH is 1. The highest BCUT2D eigenvalue weighted by Gasteiger charge is 2.68. The van der Waals surface area contributed by atoms with E-state index in [1.165, 1.54) is 12.1 Å². The van der Waals surface area contributed by atoms with Crippen LogP contribution in [0.2, 0.25) is 0 Å². The van der Waals surface area contributed by atoms with Crippen molar-refractivity contribution in [3.8, 4) is 0 Å². The summed E-state index contributed by atoms with van der Waals surface area (Å²) >= 11 is 0. The zero-order valence-corrected chi connectivity index (χ0v) is 23.1. The van der Waals surface area contributed by atoms with E-state index in [1.54, 1.807) is 12.1 Å². The number of nitrogens with zero attached hydrogens (tertiary/aromatic N) is 2. The van der Waals surface area contributed by atoms with Gasteiger partial charge in [-0.1, -0.05) is 39.8 Å². The van der Waals surface area contributed by atoms with Crippen LogP contribution in [0, 0.1) is 44.1 Å². The molecule has 39 heavy (non-hydrogen) atoms. The summed E-state index contributed by atoms with van der Waals surface area (Å²) in [6.45, 7) is 12.2. The van der Waals surface area contributed by atoms with E-state index in [4.69, 9.17) is 4.74 Å². The zero-order valence-electron chi connectivity index (χ0n) is 23.1. The first kappa shape index (κ1) is 27.5. The minimum atomic E-state index is -0.827. The Bertz CT molecular complexity index is 1260. The Morgan fingerprint density at radius 1 is 1.23 bits per heavy atom. The number of imide groups is 1.